The van der Waals surface area contributed by atoms with Gasteiger partial charge in [-0.1, -0.05) is 19.9 Å². The molecule has 1 N–H and O–H groups in total. The number of nitrogens with zero attached hydrogens (tertiary/aromatic N) is 3. The Kier molecular flexibility index (Phi) is 4.93. The van der Waals surface area contributed by atoms with E-state index in [-0.39, 0.29) is 11.5 Å². The topological polar surface area (TPSA) is 52.2 Å². The van der Waals surface area contributed by atoms with Crippen LogP contribution in [-0.4, -0.2) is 36.1 Å². The average molecular weight is 366 g/mol. The van der Waals surface area contributed by atoms with Crippen molar-refractivity contribution in [3.8, 4) is 0 Å². The van der Waals surface area contributed by atoms with Crippen LogP contribution >= 0.6 is 0 Å². The van der Waals surface area contributed by atoms with Crippen LogP contribution in [0.3, 0.4) is 0 Å². The Hall–Kier alpha value is -2.51. The van der Waals surface area contributed by atoms with E-state index in [0.717, 1.165) is 11.8 Å². The van der Waals surface area contributed by atoms with Crippen molar-refractivity contribution in [2.24, 2.45) is 0 Å². The van der Waals surface area contributed by atoms with E-state index in [2.05, 4.69) is 9.97 Å². The standard InChI is InChI=1S/C18H21F3N4O/c1-12(2)15-11-16(26)23-17(22-15)25-8-6-24(7-9-25)14-5-3-4-13(10-14)18(19,20)21/h3-5,10-12H,6-9H2,1-2H3,(H,22,23,26). The number of rotatable bonds is 3. The number of aromatic nitrogens is 2. The average Bonchev–Trinajstić information content (AvgIpc) is 2.61. The van der Waals surface area contributed by atoms with Crippen LogP contribution in [0.2, 0.25) is 0 Å². The normalized spacial score (nSPS) is 15.6. The predicted octanol–water partition coefficient (Wildman–Crippen LogP) is 3.24. The Morgan fingerprint density at radius 1 is 1.08 bits per heavy atom. The van der Waals surface area contributed by atoms with Gasteiger partial charge in [-0.3, -0.25) is 9.78 Å². The maximum atomic E-state index is 12.9. The van der Waals surface area contributed by atoms with Crippen LogP contribution in [0.15, 0.2) is 35.1 Å². The molecule has 1 aromatic heterocycles. The number of nitrogens with one attached hydrogen (secondary N) is 1. The van der Waals surface area contributed by atoms with Gasteiger partial charge in [-0.15, -0.1) is 0 Å². The van der Waals surface area contributed by atoms with Crippen molar-refractivity contribution in [1.82, 2.24) is 9.97 Å². The lowest BCUT2D eigenvalue weighted by Crippen LogP contribution is -2.47. The van der Waals surface area contributed by atoms with E-state index in [1.807, 2.05) is 23.6 Å². The molecule has 0 atom stereocenters. The molecule has 140 valence electrons. The third-order valence-electron chi connectivity index (χ3n) is 4.46. The van der Waals surface area contributed by atoms with E-state index in [4.69, 9.17) is 0 Å². The minimum atomic E-state index is -4.35. The van der Waals surface area contributed by atoms with Gasteiger partial charge in [0.15, 0.2) is 0 Å². The minimum absolute atomic E-state index is 0.141. The number of piperazine rings is 1. The van der Waals surface area contributed by atoms with Crippen LogP contribution in [0.5, 0.6) is 0 Å². The van der Waals surface area contributed by atoms with Gasteiger partial charge < -0.3 is 9.80 Å². The van der Waals surface area contributed by atoms with Crippen LogP contribution in [-0.2, 0) is 6.18 Å². The highest BCUT2D eigenvalue weighted by molar-refractivity contribution is 5.51. The molecule has 1 aromatic carbocycles. The van der Waals surface area contributed by atoms with Crippen molar-refractivity contribution < 1.29 is 13.2 Å². The highest BCUT2D eigenvalue weighted by Gasteiger charge is 2.31. The number of halogens is 3. The molecule has 2 aromatic rings. The SMILES string of the molecule is CC(C)c1cc(=O)[nH]c(N2CCN(c3cccc(C(F)(F)F)c3)CC2)n1. The number of hydrogen-bond acceptors (Lipinski definition) is 4. The Balaban J connectivity index is 1.73. The second-order valence-electron chi connectivity index (χ2n) is 6.67. The van der Waals surface area contributed by atoms with Crippen molar-refractivity contribution in [1.29, 1.82) is 0 Å². The summed E-state index contributed by atoms with van der Waals surface area (Å²) in [6.45, 7) is 6.18. The van der Waals surface area contributed by atoms with Crippen LogP contribution < -0.4 is 15.4 Å². The molecule has 3 rings (SSSR count). The number of H-pyrrole nitrogens is 1. The van der Waals surface area contributed by atoms with Crippen molar-refractivity contribution in [2.45, 2.75) is 25.9 Å². The number of aromatic amines is 1. The molecule has 0 unspecified atom stereocenters. The van der Waals surface area contributed by atoms with Crippen LogP contribution in [0.1, 0.15) is 31.0 Å². The Morgan fingerprint density at radius 2 is 1.73 bits per heavy atom. The van der Waals surface area contributed by atoms with Crippen LogP contribution in [0.4, 0.5) is 24.8 Å². The first kappa shape index (κ1) is 18.3. The van der Waals surface area contributed by atoms with Gasteiger partial charge in [0.2, 0.25) is 5.95 Å². The molecular formula is C18H21F3N4O. The zero-order valence-corrected chi connectivity index (χ0v) is 14.7. The molecule has 1 aliphatic heterocycles. The van der Waals surface area contributed by atoms with E-state index >= 15 is 0 Å². The zero-order valence-electron chi connectivity index (χ0n) is 14.7. The summed E-state index contributed by atoms with van der Waals surface area (Å²) in [6, 6.07) is 6.86. The van der Waals surface area contributed by atoms with Crippen LogP contribution in [0.25, 0.3) is 0 Å². The molecule has 5 nitrogen and oxygen atoms in total. The van der Waals surface area contributed by atoms with E-state index in [0.29, 0.717) is 37.8 Å². The van der Waals surface area contributed by atoms with Crippen molar-refractivity contribution in [2.75, 3.05) is 36.0 Å². The molecule has 0 radical (unpaired) electrons. The number of alkyl halides is 3. The first-order valence-electron chi connectivity index (χ1n) is 8.52. The molecule has 1 fully saturated rings. The summed E-state index contributed by atoms with van der Waals surface area (Å²) < 4.78 is 38.7. The number of benzene rings is 1. The first-order valence-corrected chi connectivity index (χ1v) is 8.52. The van der Waals surface area contributed by atoms with Crippen molar-refractivity contribution in [3.63, 3.8) is 0 Å². The third-order valence-corrected chi connectivity index (χ3v) is 4.46. The van der Waals surface area contributed by atoms with Gasteiger partial charge in [0.1, 0.15) is 0 Å². The maximum Gasteiger partial charge on any atom is 0.416 e. The summed E-state index contributed by atoms with van der Waals surface area (Å²) in [6.07, 6.45) is -4.35. The number of hydrogen-bond donors (Lipinski definition) is 1. The minimum Gasteiger partial charge on any atom is -0.368 e. The van der Waals surface area contributed by atoms with E-state index in [1.54, 1.807) is 6.07 Å². The molecule has 0 bridgehead atoms. The lowest BCUT2D eigenvalue weighted by molar-refractivity contribution is -0.137. The van der Waals surface area contributed by atoms with Gasteiger partial charge in [-0.2, -0.15) is 13.2 Å². The van der Waals surface area contributed by atoms with Gasteiger partial charge in [0.25, 0.3) is 5.56 Å². The Bertz CT molecular complexity index is 824. The Labute approximate surface area is 149 Å². The first-order chi connectivity index (χ1) is 12.2. The van der Waals surface area contributed by atoms with Crippen LogP contribution in [0, 0.1) is 0 Å². The Morgan fingerprint density at radius 3 is 2.35 bits per heavy atom. The fraction of sp³-hybridized carbons (Fsp3) is 0.444. The summed E-state index contributed by atoms with van der Waals surface area (Å²) in [5.41, 5.74) is 0.438. The second-order valence-corrected chi connectivity index (χ2v) is 6.67. The smallest absolute Gasteiger partial charge is 0.368 e. The van der Waals surface area contributed by atoms with E-state index in [1.165, 1.54) is 18.2 Å². The van der Waals surface area contributed by atoms with Gasteiger partial charge >= 0.3 is 6.18 Å². The van der Waals surface area contributed by atoms with Gasteiger partial charge in [0.05, 0.1) is 11.3 Å². The van der Waals surface area contributed by atoms with Gasteiger partial charge in [-0.05, 0) is 24.1 Å². The second kappa shape index (κ2) is 7.01. The summed E-state index contributed by atoms with van der Waals surface area (Å²) in [5.74, 6) is 0.660. The molecule has 0 saturated carbocycles. The zero-order chi connectivity index (χ0) is 18.9. The fourth-order valence-electron chi connectivity index (χ4n) is 2.96. The molecule has 1 saturated heterocycles. The molecule has 0 spiro atoms. The lowest BCUT2D eigenvalue weighted by Gasteiger charge is -2.36. The van der Waals surface area contributed by atoms with Gasteiger partial charge in [0, 0.05) is 37.9 Å². The van der Waals surface area contributed by atoms with E-state index in [9.17, 15) is 18.0 Å². The highest BCUT2D eigenvalue weighted by Crippen LogP contribution is 2.32. The molecule has 0 aliphatic carbocycles. The number of anilines is 2. The maximum absolute atomic E-state index is 12.9. The molecular weight excluding hydrogens is 345 g/mol. The summed E-state index contributed by atoms with van der Waals surface area (Å²) in [4.78, 5) is 23.0. The molecule has 8 heteroatoms. The van der Waals surface area contributed by atoms with Crippen molar-refractivity contribution >= 4 is 11.6 Å². The molecule has 26 heavy (non-hydrogen) atoms. The monoisotopic (exact) mass is 366 g/mol. The largest absolute Gasteiger partial charge is 0.416 e. The van der Waals surface area contributed by atoms with Gasteiger partial charge in [-0.25, -0.2) is 4.98 Å². The van der Waals surface area contributed by atoms with Crippen molar-refractivity contribution in [3.05, 3.63) is 51.9 Å². The van der Waals surface area contributed by atoms with E-state index < -0.39 is 11.7 Å². The highest BCUT2D eigenvalue weighted by atomic mass is 19.4. The third kappa shape index (κ3) is 4.00. The quantitative estimate of drug-likeness (QED) is 0.906. The molecule has 1 aliphatic rings. The lowest BCUT2D eigenvalue weighted by atomic mass is 10.1. The predicted molar refractivity (Wildman–Crippen MR) is 94.8 cm³/mol. The molecule has 0 amide bonds. The fourth-order valence-corrected chi connectivity index (χ4v) is 2.96. The molecule has 2 heterocycles. The summed E-state index contributed by atoms with van der Waals surface area (Å²) in [7, 11) is 0. The summed E-state index contributed by atoms with van der Waals surface area (Å²) >= 11 is 0. The summed E-state index contributed by atoms with van der Waals surface area (Å²) in [5, 5.41) is 0.